The highest BCUT2D eigenvalue weighted by Gasteiger charge is 2.28. The van der Waals surface area contributed by atoms with E-state index >= 15 is 0 Å². The number of anilines is 1. The number of aromatic nitrogens is 2. The van der Waals surface area contributed by atoms with E-state index in [0.29, 0.717) is 0 Å². The second-order valence-corrected chi connectivity index (χ2v) is 5.61. The standard InChI is InChI=1S/C19H16BN3/c1-2-6-16(7-3-1)14-23-18-9-5-4-8-17(18)10-12-20(23)19-11-13-21-15-22-19/h1-13,15H,14H2. The van der Waals surface area contributed by atoms with Crippen molar-refractivity contribution in [1.29, 1.82) is 0 Å². The highest BCUT2D eigenvalue weighted by atomic mass is 15.1. The Morgan fingerprint density at radius 3 is 2.57 bits per heavy atom. The molecule has 0 N–H and O–H groups in total. The fraction of sp³-hybridized carbons (Fsp3) is 0.0526. The summed E-state index contributed by atoms with van der Waals surface area (Å²) in [5.41, 5.74) is 4.79. The van der Waals surface area contributed by atoms with Gasteiger partial charge in [0, 0.05) is 24.0 Å². The molecule has 0 fully saturated rings. The number of benzene rings is 2. The third-order valence-electron chi connectivity index (χ3n) is 4.14. The molecule has 0 atom stereocenters. The molecule has 2 aromatic carbocycles. The summed E-state index contributed by atoms with van der Waals surface area (Å²) >= 11 is 0. The van der Waals surface area contributed by atoms with Gasteiger partial charge in [0.15, 0.2) is 0 Å². The van der Waals surface area contributed by atoms with Gasteiger partial charge < -0.3 is 4.81 Å². The van der Waals surface area contributed by atoms with Crippen molar-refractivity contribution in [2.24, 2.45) is 0 Å². The topological polar surface area (TPSA) is 29.0 Å². The molecule has 0 aliphatic carbocycles. The lowest BCUT2D eigenvalue weighted by atomic mass is 9.54. The summed E-state index contributed by atoms with van der Waals surface area (Å²) in [6.07, 6.45) is 5.60. The first-order valence-electron chi connectivity index (χ1n) is 7.75. The van der Waals surface area contributed by atoms with Crippen molar-refractivity contribution < 1.29 is 0 Å². The summed E-state index contributed by atoms with van der Waals surface area (Å²) in [6, 6.07) is 21.0. The zero-order chi connectivity index (χ0) is 15.5. The van der Waals surface area contributed by atoms with Gasteiger partial charge in [0.25, 0.3) is 0 Å². The molecule has 0 unspecified atom stereocenters. The number of para-hydroxylation sites is 1. The molecule has 1 aliphatic rings. The zero-order valence-corrected chi connectivity index (χ0v) is 12.7. The molecule has 1 aliphatic heterocycles. The fourth-order valence-corrected chi connectivity index (χ4v) is 3.04. The molecule has 0 bridgehead atoms. The predicted octanol–water partition coefficient (Wildman–Crippen LogP) is 2.95. The fourth-order valence-electron chi connectivity index (χ4n) is 3.04. The van der Waals surface area contributed by atoms with Crippen LogP contribution in [-0.2, 0) is 6.54 Å². The molecule has 0 amide bonds. The van der Waals surface area contributed by atoms with Crippen LogP contribution in [0.2, 0.25) is 0 Å². The Morgan fingerprint density at radius 2 is 1.74 bits per heavy atom. The monoisotopic (exact) mass is 297 g/mol. The first-order chi connectivity index (χ1) is 11.4. The Balaban J connectivity index is 1.77. The third kappa shape index (κ3) is 2.75. The predicted molar refractivity (Wildman–Crippen MR) is 95.5 cm³/mol. The van der Waals surface area contributed by atoms with Crippen molar-refractivity contribution in [1.82, 2.24) is 9.97 Å². The Hall–Kier alpha value is -2.88. The molecule has 23 heavy (non-hydrogen) atoms. The van der Waals surface area contributed by atoms with Gasteiger partial charge in [-0.25, -0.2) is 9.97 Å². The van der Waals surface area contributed by atoms with E-state index in [1.165, 1.54) is 16.8 Å². The van der Waals surface area contributed by atoms with Crippen molar-refractivity contribution in [2.75, 3.05) is 4.81 Å². The van der Waals surface area contributed by atoms with Gasteiger partial charge in [-0.1, -0.05) is 60.6 Å². The van der Waals surface area contributed by atoms with Crippen LogP contribution in [0.5, 0.6) is 0 Å². The summed E-state index contributed by atoms with van der Waals surface area (Å²) in [6.45, 7) is 0.963. The first-order valence-corrected chi connectivity index (χ1v) is 7.75. The van der Waals surface area contributed by atoms with E-state index in [4.69, 9.17) is 0 Å². The molecular formula is C19H16BN3. The lowest BCUT2D eigenvalue weighted by Crippen LogP contribution is -2.49. The maximum atomic E-state index is 4.46. The average molecular weight is 297 g/mol. The van der Waals surface area contributed by atoms with Gasteiger partial charge in [-0.05, 0) is 23.3 Å². The SMILES string of the molecule is C1=Cc2ccccc2N(Cc2ccccc2)B1c1ccncn1. The van der Waals surface area contributed by atoms with Crippen molar-refractivity contribution in [2.45, 2.75) is 6.54 Å². The van der Waals surface area contributed by atoms with Gasteiger partial charge in [-0.15, -0.1) is 0 Å². The molecule has 4 heteroatoms. The lowest BCUT2D eigenvalue weighted by Gasteiger charge is -2.33. The van der Waals surface area contributed by atoms with Crippen molar-refractivity contribution >= 4 is 24.2 Å². The van der Waals surface area contributed by atoms with Gasteiger partial charge in [0.05, 0.1) is 0 Å². The van der Waals surface area contributed by atoms with E-state index in [-0.39, 0.29) is 6.85 Å². The van der Waals surface area contributed by atoms with Gasteiger partial charge in [0.1, 0.15) is 6.33 Å². The third-order valence-corrected chi connectivity index (χ3v) is 4.14. The minimum absolute atomic E-state index is 0.119. The van der Waals surface area contributed by atoms with Crippen molar-refractivity contribution in [3.63, 3.8) is 0 Å². The maximum absolute atomic E-state index is 4.46. The first kappa shape index (κ1) is 13.8. The molecule has 0 spiro atoms. The van der Waals surface area contributed by atoms with E-state index in [0.717, 1.165) is 12.1 Å². The number of nitrogens with zero attached hydrogens (tertiary/aromatic N) is 3. The summed E-state index contributed by atoms with van der Waals surface area (Å²) < 4.78 is 0. The summed E-state index contributed by atoms with van der Waals surface area (Å²) in [5, 5.41) is 0. The van der Waals surface area contributed by atoms with Crippen LogP contribution in [0.15, 0.2) is 79.2 Å². The minimum Gasteiger partial charge on any atom is -0.402 e. The Morgan fingerprint density at radius 1 is 0.913 bits per heavy atom. The second-order valence-electron chi connectivity index (χ2n) is 5.61. The van der Waals surface area contributed by atoms with Crippen LogP contribution >= 0.6 is 0 Å². The summed E-state index contributed by atoms with van der Waals surface area (Å²) in [7, 11) is 0. The number of rotatable bonds is 3. The molecule has 0 radical (unpaired) electrons. The molecule has 0 saturated carbocycles. The summed E-state index contributed by atoms with van der Waals surface area (Å²) in [5.74, 6) is 2.22. The van der Waals surface area contributed by atoms with E-state index < -0.39 is 0 Å². The molecular weight excluding hydrogens is 281 g/mol. The van der Waals surface area contributed by atoms with Gasteiger partial charge in [0.2, 0.25) is 0 Å². The molecule has 2 heterocycles. The van der Waals surface area contributed by atoms with Crippen molar-refractivity contribution in [3.8, 4) is 0 Å². The Bertz CT molecular complexity index is 818. The molecule has 4 rings (SSSR count). The minimum atomic E-state index is 0.119. The quantitative estimate of drug-likeness (QED) is 0.696. The van der Waals surface area contributed by atoms with Crippen LogP contribution in [0.1, 0.15) is 11.1 Å². The number of hydrogen-bond donors (Lipinski definition) is 0. The molecule has 110 valence electrons. The van der Waals surface area contributed by atoms with Gasteiger partial charge >= 0.3 is 6.85 Å². The highest BCUT2D eigenvalue weighted by molar-refractivity contribution is 6.81. The second kappa shape index (κ2) is 6.09. The van der Waals surface area contributed by atoms with Crippen LogP contribution in [0.4, 0.5) is 5.69 Å². The Labute approximate surface area is 136 Å². The molecule has 1 aromatic heterocycles. The van der Waals surface area contributed by atoms with Crippen LogP contribution in [-0.4, -0.2) is 16.8 Å². The average Bonchev–Trinajstić information content (AvgIpc) is 2.64. The Kier molecular flexibility index (Phi) is 3.64. The smallest absolute Gasteiger partial charge is 0.336 e. The normalized spacial score (nSPS) is 13.0. The zero-order valence-electron chi connectivity index (χ0n) is 12.7. The number of hydrogen-bond acceptors (Lipinski definition) is 3. The van der Waals surface area contributed by atoms with E-state index in [1.54, 1.807) is 12.5 Å². The lowest BCUT2D eigenvalue weighted by molar-refractivity contribution is 1.02. The highest BCUT2D eigenvalue weighted by Crippen LogP contribution is 2.28. The largest absolute Gasteiger partial charge is 0.402 e. The number of fused-ring (bicyclic) bond motifs is 1. The molecule has 3 aromatic rings. The van der Waals surface area contributed by atoms with Crippen LogP contribution in [0.25, 0.3) is 6.08 Å². The van der Waals surface area contributed by atoms with Crippen LogP contribution < -0.4 is 10.4 Å². The van der Waals surface area contributed by atoms with E-state index in [1.807, 2.05) is 6.07 Å². The van der Waals surface area contributed by atoms with Gasteiger partial charge in [-0.3, -0.25) is 0 Å². The van der Waals surface area contributed by atoms with Crippen LogP contribution in [0, 0.1) is 0 Å². The van der Waals surface area contributed by atoms with E-state index in [9.17, 15) is 0 Å². The summed E-state index contributed by atoms with van der Waals surface area (Å²) in [4.78, 5) is 10.9. The van der Waals surface area contributed by atoms with E-state index in [2.05, 4.69) is 81.4 Å². The van der Waals surface area contributed by atoms with Gasteiger partial charge in [-0.2, -0.15) is 0 Å². The van der Waals surface area contributed by atoms with Crippen LogP contribution in [0.3, 0.4) is 0 Å². The molecule has 0 saturated heterocycles. The maximum Gasteiger partial charge on any atom is 0.336 e. The van der Waals surface area contributed by atoms with Crippen molar-refractivity contribution in [3.05, 3.63) is 90.3 Å². The molecule has 3 nitrogen and oxygen atoms in total.